The molecule has 0 saturated carbocycles. The Morgan fingerprint density at radius 3 is 2.53 bits per heavy atom. The van der Waals surface area contributed by atoms with E-state index in [1.54, 1.807) is 29.7 Å². The van der Waals surface area contributed by atoms with Crippen LogP contribution in [0.1, 0.15) is 36.5 Å². The van der Waals surface area contributed by atoms with Crippen LogP contribution in [0.5, 0.6) is 0 Å². The molecule has 5 rings (SSSR count). The highest BCUT2D eigenvalue weighted by Crippen LogP contribution is 2.32. The van der Waals surface area contributed by atoms with Gasteiger partial charge in [0.25, 0.3) is 0 Å². The van der Waals surface area contributed by atoms with Crippen molar-refractivity contribution >= 4 is 11.7 Å². The number of hydrogen-bond donors (Lipinski definition) is 0. The number of nitrogens with zero attached hydrogens (tertiary/aromatic N) is 5. The van der Waals surface area contributed by atoms with Crippen LogP contribution >= 0.6 is 0 Å². The topological polar surface area (TPSA) is 71.9 Å². The summed E-state index contributed by atoms with van der Waals surface area (Å²) >= 11 is 0. The summed E-state index contributed by atoms with van der Waals surface area (Å²) in [7, 11) is 0. The van der Waals surface area contributed by atoms with Crippen LogP contribution < -0.4 is 4.90 Å². The summed E-state index contributed by atoms with van der Waals surface area (Å²) < 4.78 is 0. The first-order valence-electron chi connectivity index (χ1n) is 10.7. The maximum Gasteiger partial charge on any atom is 0.233 e. The zero-order valence-corrected chi connectivity index (χ0v) is 18.1. The number of hydrogen-bond acceptors (Lipinski definition) is 5. The number of anilines is 1. The predicted octanol–water partition coefficient (Wildman–Crippen LogP) is 4.81. The molecule has 2 aromatic carbocycles. The normalized spacial score (nSPS) is 13.0. The molecule has 6 heteroatoms. The van der Waals surface area contributed by atoms with Crippen molar-refractivity contribution in [1.29, 1.82) is 0 Å². The fourth-order valence-electron chi connectivity index (χ4n) is 4.04. The number of benzene rings is 2. The van der Waals surface area contributed by atoms with Crippen molar-refractivity contribution < 1.29 is 4.79 Å². The van der Waals surface area contributed by atoms with E-state index < -0.39 is 0 Å². The number of carbonyl (C=O) groups is 1. The summed E-state index contributed by atoms with van der Waals surface area (Å²) in [5, 5.41) is 0. The molecule has 1 amide bonds. The van der Waals surface area contributed by atoms with E-state index in [1.165, 1.54) is 5.56 Å². The predicted molar refractivity (Wildman–Crippen MR) is 124 cm³/mol. The average molecular weight is 422 g/mol. The summed E-state index contributed by atoms with van der Waals surface area (Å²) in [6.07, 6.45) is 7.20. The first-order chi connectivity index (χ1) is 15.6. The van der Waals surface area contributed by atoms with Gasteiger partial charge in [0.05, 0.1) is 24.9 Å². The van der Waals surface area contributed by atoms with Gasteiger partial charge in [-0.15, -0.1) is 0 Å². The van der Waals surface area contributed by atoms with Crippen LogP contribution in [0.15, 0.2) is 73.3 Å². The Bertz CT molecular complexity index is 1270. The van der Waals surface area contributed by atoms with Crippen LogP contribution in [0.25, 0.3) is 22.6 Å². The highest BCUT2D eigenvalue weighted by Gasteiger charge is 2.30. The van der Waals surface area contributed by atoms with Gasteiger partial charge in [0.2, 0.25) is 5.91 Å². The van der Waals surface area contributed by atoms with Gasteiger partial charge in [-0.05, 0) is 17.0 Å². The van der Waals surface area contributed by atoms with E-state index in [4.69, 9.17) is 4.98 Å². The minimum atomic E-state index is 0.0431. The molecule has 0 fully saturated rings. The third-order valence-electron chi connectivity index (χ3n) is 5.72. The van der Waals surface area contributed by atoms with E-state index >= 15 is 0 Å². The number of rotatable bonds is 5. The largest absolute Gasteiger partial charge is 0.292 e. The van der Waals surface area contributed by atoms with Crippen molar-refractivity contribution in [3.05, 3.63) is 90.0 Å². The van der Waals surface area contributed by atoms with Crippen LogP contribution in [0.2, 0.25) is 0 Å². The summed E-state index contributed by atoms with van der Waals surface area (Å²) in [5.74, 6) is 1.76. The molecule has 0 spiro atoms. The second-order valence-electron chi connectivity index (χ2n) is 8.23. The lowest BCUT2D eigenvalue weighted by molar-refractivity contribution is -0.117. The van der Waals surface area contributed by atoms with Gasteiger partial charge in [-0.1, -0.05) is 62.4 Å². The highest BCUT2D eigenvalue weighted by molar-refractivity contribution is 6.00. The molecule has 0 radical (unpaired) electrons. The molecule has 158 valence electrons. The number of carbonyl (C=O) groups excluding carboxylic acids is 1. The first-order valence-corrected chi connectivity index (χ1v) is 10.7. The molecule has 3 heterocycles. The number of aromatic nitrogens is 4. The molecular formula is C26H23N5O. The van der Waals surface area contributed by atoms with Gasteiger partial charge < -0.3 is 0 Å². The fraction of sp³-hybridized carbons (Fsp3) is 0.192. The van der Waals surface area contributed by atoms with Crippen LogP contribution in [0.3, 0.4) is 0 Å². The van der Waals surface area contributed by atoms with Crippen LogP contribution in [-0.2, 0) is 17.8 Å². The smallest absolute Gasteiger partial charge is 0.233 e. The van der Waals surface area contributed by atoms with Crippen LogP contribution in [0.4, 0.5) is 5.82 Å². The van der Waals surface area contributed by atoms with E-state index in [9.17, 15) is 4.79 Å². The van der Waals surface area contributed by atoms with Gasteiger partial charge in [0.1, 0.15) is 5.82 Å². The van der Waals surface area contributed by atoms with Gasteiger partial charge in [-0.3, -0.25) is 19.7 Å². The summed E-state index contributed by atoms with van der Waals surface area (Å²) in [6, 6.07) is 16.2. The Morgan fingerprint density at radius 2 is 1.78 bits per heavy atom. The molecule has 0 unspecified atom stereocenters. The molecule has 0 aliphatic carbocycles. The van der Waals surface area contributed by atoms with E-state index in [-0.39, 0.29) is 5.91 Å². The lowest BCUT2D eigenvalue weighted by Gasteiger charge is -2.18. The monoisotopic (exact) mass is 421 g/mol. The van der Waals surface area contributed by atoms with E-state index in [1.807, 2.05) is 42.5 Å². The maximum atomic E-state index is 12.8. The van der Waals surface area contributed by atoms with Gasteiger partial charge in [-0.2, -0.15) is 0 Å². The molecule has 6 nitrogen and oxygen atoms in total. The molecular weight excluding hydrogens is 398 g/mol. The summed E-state index contributed by atoms with van der Waals surface area (Å²) in [4.78, 5) is 32.4. The second kappa shape index (κ2) is 8.30. The SMILES string of the molecule is CC(C)c1ccccc1-c1ncc2c(n1)N(Cc1ccc(-c3cnccn3)cc1)C(=O)C2. The maximum absolute atomic E-state index is 12.8. The molecule has 4 aromatic rings. The van der Waals surface area contributed by atoms with Crippen molar-refractivity contribution in [1.82, 2.24) is 19.9 Å². The lowest BCUT2D eigenvalue weighted by Crippen LogP contribution is -2.26. The molecule has 0 saturated heterocycles. The molecule has 0 bridgehead atoms. The van der Waals surface area contributed by atoms with Gasteiger partial charge in [0, 0.05) is 35.3 Å². The van der Waals surface area contributed by atoms with Gasteiger partial charge in [-0.25, -0.2) is 9.97 Å². The van der Waals surface area contributed by atoms with Crippen LogP contribution in [-0.4, -0.2) is 25.8 Å². The molecule has 1 aliphatic heterocycles. The van der Waals surface area contributed by atoms with E-state index in [0.717, 1.165) is 27.9 Å². The van der Waals surface area contributed by atoms with Gasteiger partial charge in [0.15, 0.2) is 5.82 Å². The Hall–Kier alpha value is -3.93. The average Bonchev–Trinajstić information content (AvgIpc) is 3.14. The third kappa shape index (κ3) is 3.75. The van der Waals surface area contributed by atoms with E-state index in [0.29, 0.717) is 30.5 Å². The summed E-state index contributed by atoms with van der Waals surface area (Å²) in [5.41, 5.74) is 5.92. The van der Waals surface area contributed by atoms with Crippen molar-refractivity contribution in [3.8, 4) is 22.6 Å². The highest BCUT2D eigenvalue weighted by atomic mass is 16.2. The minimum Gasteiger partial charge on any atom is -0.292 e. The Kier molecular flexibility index (Phi) is 5.19. The molecule has 2 aromatic heterocycles. The Labute approximate surface area is 187 Å². The van der Waals surface area contributed by atoms with Crippen molar-refractivity contribution in [3.63, 3.8) is 0 Å². The van der Waals surface area contributed by atoms with Crippen LogP contribution in [0, 0.1) is 0 Å². The standard InChI is InChI=1S/C26H23N5O/c1-17(2)21-5-3-4-6-22(21)25-29-14-20-13-24(32)31(26(20)30-25)16-18-7-9-19(10-8-18)23-15-27-11-12-28-23/h3-12,14-15,17H,13,16H2,1-2H3. The lowest BCUT2D eigenvalue weighted by atomic mass is 9.97. The van der Waals surface area contributed by atoms with E-state index in [2.05, 4.69) is 34.9 Å². The third-order valence-corrected chi connectivity index (χ3v) is 5.72. The van der Waals surface area contributed by atoms with Gasteiger partial charge >= 0.3 is 0 Å². The molecule has 1 aliphatic rings. The molecule has 0 atom stereocenters. The molecule has 32 heavy (non-hydrogen) atoms. The van der Waals surface area contributed by atoms with Crippen molar-refractivity contribution in [2.75, 3.05) is 4.90 Å². The minimum absolute atomic E-state index is 0.0431. The quantitative estimate of drug-likeness (QED) is 0.462. The number of fused-ring (bicyclic) bond motifs is 1. The zero-order chi connectivity index (χ0) is 22.1. The van der Waals surface area contributed by atoms with Crippen molar-refractivity contribution in [2.45, 2.75) is 32.7 Å². The summed E-state index contributed by atoms with van der Waals surface area (Å²) in [6.45, 7) is 4.79. The second-order valence-corrected chi connectivity index (χ2v) is 8.23. The molecule has 0 N–H and O–H groups in total. The van der Waals surface area contributed by atoms with Crippen molar-refractivity contribution in [2.24, 2.45) is 0 Å². The Morgan fingerprint density at radius 1 is 0.969 bits per heavy atom. The number of amides is 1. The zero-order valence-electron chi connectivity index (χ0n) is 18.1. The fourth-order valence-corrected chi connectivity index (χ4v) is 4.04. The Balaban J connectivity index is 1.44. The first kappa shape index (κ1) is 20.0.